The summed E-state index contributed by atoms with van der Waals surface area (Å²) in [5.74, 6) is -0.737. The highest BCUT2D eigenvalue weighted by Crippen LogP contribution is 2.32. The minimum Gasteiger partial charge on any atom is -0.368 e. The van der Waals surface area contributed by atoms with Crippen LogP contribution in [-0.2, 0) is 4.79 Å². The highest BCUT2D eigenvalue weighted by atomic mass is 35.5. The Bertz CT molecular complexity index is 1280. The molecule has 2 aliphatic heterocycles. The Morgan fingerprint density at radius 3 is 2.76 bits per heavy atom. The van der Waals surface area contributed by atoms with Crippen molar-refractivity contribution >= 4 is 58.0 Å². The minimum absolute atomic E-state index is 0. The van der Waals surface area contributed by atoms with Gasteiger partial charge in [-0.15, -0.1) is 12.4 Å². The van der Waals surface area contributed by atoms with Crippen molar-refractivity contribution < 1.29 is 14.0 Å². The molecule has 5 rings (SSSR count). The van der Waals surface area contributed by atoms with E-state index in [1.54, 1.807) is 12.1 Å². The maximum absolute atomic E-state index is 15.1. The summed E-state index contributed by atoms with van der Waals surface area (Å²) >= 11 is 0.859. The van der Waals surface area contributed by atoms with Crippen molar-refractivity contribution in [3.8, 4) is 11.3 Å². The van der Waals surface area contributed by atoms with Gasteiger partial charge in [-0.05, 0) is 60.5 Å². The predicted molar refractivity (Wildman–Crippen MR) is 131 cm³/mol. The molecule has 170 valence electrons. The number of hydrogen-bond acceptors (Lipinski definition) is 7. The van der Waals surface area contributed by atoms with Crippen LogP contribution in [0.25, 0.3) is 28.2 Å². The average molecular weight is 486 g/mol. The topological polar surface area (TPSA) is 101 Å². The standard InChI is InChI=1S/C23H20FN5O2S.ClH/c24-17-10-14(4-6-19(17)29-7-1-2-15(25)11-29)21-16-8-13(3-5-18(16)26-12-27-21)9-20-22(30)28-23(31)32-20;/h3-6,8-10,12,15H,1-2,7,11,25H2,(H,28,30,31);1H/t15-;/m1./s1. The number of halogens is 2. The van der Waals surface area contributed by atoms with Crippen LogP contribution in [0.1, 0.15) is 18.4 Å². The number of carbonyl (C=O) groups is 2. The molecule has 1 atom stereocenters. The molecule has 2 saturated heterocycles. The molecule has 0 spiro atoms. The SMILES string of the molecule is Cl.N[C@@H]1CCCN(c2ccc(-c3ncnc4ccc(C=C5SC(=O)NC5=O)cc34)cc2F)C1. The number of benzene rings is 2. The Hall–Kier alpha value is -3.01. The molecule has 2 amide bonds. The van der Waals surface area contributed by atoms with E-state index < -0.39 is 11.1 Å². The van der Waals surface area contributed by atoms with E-state index in [-0.39, 0.29) is 24.3 Å². The Morgan fingerprint density at radius 2 is 2.03 bits per heavy atom. The largest absolute Gasteiger partial charge is 0.368 e. The van der Waals surface area contributed by atoms with Crippen LogP contribution in [0.5, 0.6) is 0 Å². The number of thioether (sulfide) groups is 1. The van der Waals surface area contributed by atoms with Gasteiger partial charge in [-0.25, -0.2) is 14.4 Å². The fourth-order valence-electron chi connectivity index (χ4n) is 4.11. The van der Waals surface area contributed by atoms with Crippen molar-refractivity contribution in [1.82, 2.24) is 15.3 Å². The first-order chi connectivity index (χ1) is 15.5. The second-order valence-corrected chi connectivity index (χ2v) is 8.88. The lowest BCUT2D eigenvalue weighted by Gasteiger charge is -2.32. The van der Waals surface area contributed by atoms with Crippen molar-refractivity contribution in [2.45, 2.75) is 18.9 Å². The van der Waals surface area contributed by atoms with Crippen molar-refractivity contribution in [3.05, 3.63) is 59.0 Å². The third-order valence-corrected chi connectivity index (χ3v) is 6.43. The van der Waals surface area contributed by atoms with Crippen LogP contribution < -0.4 is 16.0 Å². The molecule has 2 aromatic carbocycles. The quantitative estimate of drug-likeness (QED) is 0.538. The summed E-state index contributed by atoms with van der Waals surface area (Å²) < 4.78 is 15.1. The van der Waals surface area contributed by atoms with Gasteiger partial charge in [0.15, 0.2) is 0 Å². The van der Waals surface area contributed by atoms with Gasteiger partial charge in [0.1, 0.15) is 12.1 Å². The van der Waals surface area contributed by atoms with Crippen molar-refractivity contribution in [3.63, 3.8) is 0 Å². The molecule has 0 radical (unpaired) electrons. The van der Waals surface area contributed by atoms with E-state index in [0.717, 1.165) is 42.1 Å². The summed E-state index contributed by atoms with van der Waals surface area (Å²) in [5, 5.41) is 2.57. The number of amides is 2. The van der Waals surface area contributed by atoms with Gasteiger partial charge < -0.3 is 10.6 Å². The number of anilines is 1. The fourth-order valence-corrected chi connectivity index (χ4v) is 4.79. The summed E-state index contributed by atoms with van der Waals surface area (Å²) in [6.45, 7) is 1.42. The van der Waals surface area contributed by atoms with Gasteiger partial charge >= 0.3 is 0 Å². The summed E-state index contributed by atoms with van der Waals surface area (Å²) in [6.07, 6.45) is 4.99. The molecule has 1 aromatic heterocycles. The van der Waals surface area contributed by atoms with E-state index in [1.165, 1.54) is 12.4 Å². The molecule has 33 heavy (non-hydrogen) atoms. The molecule has 3 aromatic rings. The zero-order valence-corrected chi connectivity index (χ0v) is 19.1. The number of fused-ring (bicyclic) bond motifs is 1. The van der Waals surface area contributed by atoms with Gasteiger partial charge in [0.05, 0.1) is 21.8 Å². The van der Waals surface area contributed by atoms with Gasteiger partial charge in [-0.1, -0.05) is 12.1 Å². The molecule has 2 fully saturated rings. The van der Waals surface area contributed by atoms with Gasteiger partial charge in [0.25, 0.3) is 11.1 Å². The lowest BCUT2D eigenvalue weighted by Crippen LogP contribution is -2.43. The first-order valence-electron chi connectivity index (χ1n) is 10.3. The van der Waals surface area contributed by atoms with Crippen LogP contribution >= 0.6 is 24.2 Å². The summed E-state index contributed by atoms with van der Waals surface area (Å²) in [7, 11) is 0. The second-order valence-electron chi connectivity index (χ2n) is 7.87. The van der Waals surface area contributed by atoms with Crippen LogP contribution in [0, 0.1) is 5.82 Å². The molecule has 3 heterocycles. The fraction of sp³-hybridized carbons (Fsp3) is 0.217. The van der Waals surface area contributed by atoms with E-state index in [0.29, 0.717) is 33.9 Å². The lowest BCUT2D eigenvalue weighted by atomic mass is 10.0. The van der Waals surface area contributed by atoms with Crippen LogP contribution in [-0.4, -0.2) is 40.2 Å². The highest BCUT2D eigenvalue weighted by molar-refractivity contribution is 8.18. The smallest absolute Gasteiger partial charge is 0.290 e. The first-order valence-corrected chi connectivity index (χ1v) is 11.1. The van der Waals surface area contributed by atoms with Crippen molar-refractivity contribution in [2.75, 3.05) is 18.0 Å². The lowest BCUT2D eigenvalue weighted by molar-refractivity contribution is -0.115. The molecule has 0 aliphatic carbocycles. The third-order valence-electron chi connectivity index (χ3n) is 5.62. The number of aromatic nitrogens is 2. The molecule has 7 nitrogen and oxygen atoms in total. The molecule has 0 bridgehead atoms. The Morgan fingerprint density at radius 1 is 1.18 bits per heavy atom. The minimum atomic E-state index is -0.417. The van der Waals surface area contributed by atoms with Crippen molar-refractivity contribution in [1.29, 1.82) is 0 Å². The number of imide groups is 1. The molecular formula is C23H21ClFN5O2S. The number of carbonyl (C=O) groups excluding carboxylic acids is 2. The zero-order chi connectivity index (χ0) is 22.2. The van der Waals surface area contributed by atoms with Crippen LogP contribution in [0.4, 0.5) is 14.9 Å². The monoisotopic (exact) mass is 485 g/mol. The third kappa shape index (κ3) is 4.71. The normalized spacial score (nSPS) is 19.6. The van der Waals surface area contributed by atoms with E-state index >= 15 is 4.39 Å². The summed E-state index contributed by atoms with van der Waals surface area (Å²) in [5.41, 5.74) is 9.24. The number of piperidine rings is 1. The van der Waals surface area contributed by atoms with Gasteiger partial charge in [0.2, 0.25) is 0 Å². The Balaban J connectivity index is 0.00000259. The first kappa shape index (κ1) is 23.2. The average Bonchev–Trinajstić information content (AvgIpc) is 3.09. The van der Waals surface area contributed by atoms with E-state index in [1.807, 2.05) is 29.2 Å². The second kappa shape index (κ2) is 9.46. The Kier molecular flexibility index (Phi) is 6.64. The van der Waals surface area contributed by atoms with E-state index in [9.17, 15) is 9.59 Å². The van der Waals surface area contributed by atoms with Gasteiger partial charge in [0, 0.05) is 30.1 Å². The molecule has 0 unspecified atom stereocenters. The van der Waals surface area contributed by atoms with Crippen LogP contribution in [0.2, 0.25) is 0 Å². The summed E-state index contributed by atoms with van der Waals surface area (Å²) in [4.78, 5) is 34.3. The van der Waals surface area contributed by atoms with Crippen LogP contribution in [0.3, 0.4) is 0 Å². The number of nitrogens with zero attached hydrogens (tertiary/aromatic N) is 3. The van der Waals surface area contributed by atoms with Gasteiger partial charge in [-0.2, -0.15) is 0 Å². The summed E-state index contributed by atoms with van der Waals surface area (Å²) in [6, 6.07) is 10.6. The predicted octanol–water partition coefficient (Wildman–Crippen LogP) is 4.11. The van der Waals surface area contributed by atoms with Gasteiger partial charge in [-0.3, -0.25) is 14.9 Å². The number of nitrogens with one attached hydrogen (secondary N) is 1. The highest BCUT2D eigenvalue weighted by Gasteiger charge is 2.25. The molecule has 10 heteroatoms. The maximum atomic E-state index is 15.1. The number of hydrogen-bond donors (Lipinski definition) is 2. The number of rotatable bonds is 3. The van der Waals surface area contributed by atoms with E-state index in [2.05, 4.69) is 15.3 Å². The number of nitrogens with two attached hydrogens (primary N) is 1. The van der Waals surface area contributed by atoms with Crippen molar-refractivity contribution in [2.24, 2.45) is 5.73 Å². The van der Waals surface area contributed by atoms with Crippen LogP contribution in [0.15, 0.2) is 47.6 Å². The molecule has 0 saturated carbocycles. The van der Waals surface area contributed by atoms with E-state index in [4.69, 9.17) is 5.73 Å². The molecule has 3 N–H and O–H groups in total. The zero-order valence-electron chi connectivity index (χ0n) is 17.5. The molecule has 2 aliphatic rings. The maximum Gasteiger partial charge on any atom is 0.290 e. The molecular weight excluding hydrogens is 465 g/mol. The Labute approximate surface area is 200 Å².